The molecule has 1 rings (SSSR count). The minimum Gasteiger partial charge on any atom is -0.491 e. The number of halogens is 4. The summed E-state index contributed by atoms with van der Waals surface area (Å²) in [7, 11) is 0. The first-order valence-electron chi connectivity index (χ1n) is 5.54. The Morgan fingerprint density at radius 3 is 2.47 bits per heavy atom. The van der Waals surface area contributed by atoms with Crippen molar-refractivity contribution < 1.29 is 32.1 Å². The summed E-state index contributed by atoms with van der Waals surface area (Å²) in [6.45, 7) is -0.293. The van der Waals surface area contributed by atoms with Crippen LogP contribution in [0.4, 0.5) is 17.6 Å². The summed E-state index contributed by atoms with van der Waals surface area (Å²) in [6.07, 6.45) is -5.31. The van der Waals surface area contributed by atoms with Crippen molar-refractivity contribution in [2.75, 3.05) is 19.8 Å². The highest BCUT2D eigenvalue weighted by Gasteiger charge is 2.27. The minimum atomic E-state index is -4.37. The van der Waals surface area contributed by atoms with E-state index in [9.17, 15) is 22.7 Å². The Morgan fingerprint density at radius 2 is 1.95 bits per heavy atom. The maximum absolute atomic E-state index is 13.4. The number of hydrogen-bond donors (Lipinski definition) is 1. The number of hydrogen-bond acceptors (Lipinski definition) is 3. The monoisotopic (exact) mass is 282 g/mol. The maximum Gasteiger partial charge on any atom is 0.411 e. The minimum absolute atomic E-state index is 0.121. The lowest BCUT2D eigenvalue weighted by molar-refractivity contribution is -0.175. The smallest absolute Gasteiger partial charge is 0.411 e. The molecule has 1 N–H and O–H groups in total. The quantitative estimate of drug-likeness (QED) is 0.644. The summed E-state index contributed by atoms with van der Waals surface area (Å²) in [5.41, 5.74) is 0.126. The maximum atomic E-state index is 13.4. The molecule has 0 fully saturated rings. The molecule has 0 aliphatic rings. The van der Waals surface area contributed by atoms with Gasteiger partial charge in [-0.3, -0.25) is 0 Å². The fraction of sp³-hybridized carbons (Fsp3) is 0.500. The van der Waals surface area contributed by atoms with Crippen molar-refractivity contribution in [3.8, 4) is 5.75 Å². The Bertz CT molecular complexity index is 404. The Labute approximate surface area is 107 Å². The van der Waals surface area contributed by atoms with Gasteiger partial charge in [-0.05, 0) is 19.1 Å². The number of aliphatic hydroxyl groups excluding tert-OH is 1. The topological polar surface area (TPSA) is 38.7 Å². The average molecular weight is 282 g/mol. The Hall–Kier alpha value is -1.34. The molecule has 0 spiro atoms. The van der Waals surface area contributed by atoms with Gasteiger partial charge in [0.25, 0.3) is 0 Å². The van der Waals surface area contributed by atoms with Gasteiger partial charge in [-0.25, -0.2) is 4.39 Å². The van der Waals surface area contributed by atoms with Crippen LogP contribution in [-0.4, -0.2) is 31.1 Å². The van der Waals surface area contributed by atoms with Crippen LogP contribution in [0, 0.1) is 5.82 Å². The second kappa shape index (κ2) is 6.72. The Morgan fingerprint density at radius 1 is 1.26 bits per heavy atom. The standard InChI is InChI=1S/C12H14F4O3/c1-8(17)10-3-2-9(6-11(10)13)19-5-4-18-7-12(14,15)16/h2-3,6,8,17H,4-5,7H2,1H3. The second-order valence-electron chi connectivity index (χ2n) is 3.88. The third-order valence-corrected chi connectivity index (χ3v) is 2.18. The van der Waals surface area contributed by atoms with Gasteiger partial charge in [0.05, 0.1) is 12.7 Å². The van der Waals surface area contributed by atoms with E-state index in [1.54, 1.807) is 0 Å². The summed E-state index contributed by atoms with van der Waals surface area (Å²) >= 11 is 0. The molecule has 0 radical (unpaired) electrons. The molecule has 0 aliphatic heterocycles. The van der Waals surface area contributed by atoms with E-state index in [-0.39, 0.29) is 24.5 Å². The lowest BCUT2D eigenvalue weighted by Gasteiger charge is -2.11. The molecule has 0 heterocycles. The molecule has 0 saturated carbocycles. The van der Waals surface area contributed by atoms with Crippen LogP contribution in [-0.2, 0) is 4.74 Å². The SMILES string of the molecule is CC(O)c1ccc(OCCOCC(F)(F)F)cc1F. The van der Waals surface area contributed by atoms with Crippen molar-refractivity contribution in [3.05, 3.63) is 29.6 Å². The number of alkyl halides is 3. The van der Waals surface area contributed by atoms with E-state index >= 15 is 0 Å². The predicted octanol–water partition coefficient (Wildman–Crippen LogP) is 2.84. The zero-order valence-electron chi connectivity index (χ0n) is 10.2. The summed E-state index contributed by atoms with van der Waals surface area (Å²) < 4.78 is 58.0. The summed E-state index contributed by atoms with van der Waals surface area (Å²) in [6, 6.07) is 3.84. The summed E-state index contributed by atoms with van der Waals surface area (Å²) in [5, 5.41) is 9.21. The first-order chi connectivity index (χ1) is 8.79. The predicted molar refractivity (Wildman–Crippen MR) is 59.4 cm³/mol. The highest BCUT2D eigenvalue weighted by molar-refractivity contribution is 5.29. The van der Waals surface area contributed by atoms with Gasteiger partial charge in [0.15, 0.2) is 0 Å². The summed E-state index contributed by atoms with van der Waals surface area (Å²) in [5.74, 6) is -0.471. The van der Waals surface area contributed by atoms with Gasteiger partial charge in [0.2, 0.25) is 0 Å². The highest BCUT2D eigenvalue weighted by Crippen LogP contribution is 2.21. The fourth-order valence-corrected chi connectivity index (χ4v) is 1.34. The van der Waals surface area contributed by atoms with Gasteiger partial charge >= 0.3 is 6.18 Å². The van der Waals surface area contributed by atoms with E-state index < -0.39 is 24.7 Å². The third kappa shape index (κ3) is 5.89. The van der Waals surface area contributed by atoms with Gasteiger partial charge in [0.1, 0.15) is 24.8 Å². The van der Waals surface area contributed by atoms with Crippen molar-refractivity contribution >= 4 is 0 Å². The molecule has 0 saturated heterocycles. The van der Waals surface area contributed by atoms with Gasteiger partial charge in [-0.2, -0.15) is 13.2 Å². The van der Waals surface area contributed by atoms with Crippen LogP contribution in [0.3, 0.4) is 0 Å². The molecule has 1 aromatic carbocycles. The van der Waals surface area contributed by atoms with E-state index in [0.29, 0.717) is 0 Å². The number of benzene rings is 1. The normalized spacial score (nSPS) is 13.4. The first kappa shape index (κ1) is 15.7. The van der Waals surface area contributed by atoms with Crippen LogP contribution >= 0.6 is 0 Å². The number of ether oxygens (including phenoxy) is 2. The van der Waals surface area contributed by atoms with E-state index in [4.69, 9.17) is 4.74 Å². The third-order valence-electron chi connectivity index (χ3n) is 2.18. The molecule has 3 nitrogen and oxygen atoms in total. The Balaban J connectivity index is 2.36. The lowest BCUT2D eigenvalue weighted by atomic mass is 10.1. The first-order valence-corrected chi connectivity index (χ1v) is 5.54. The van der Waals surface area contributed by atoms with Crippen molar-refractivity contribution in [1.29, 1.82) is 0 Å². The van der Waals surface area contributed by atoms with Gasteiger partial charge in [0, 0.05) is 11.6 Å². The van der Waals surface area contributed by atoms with Gasteiger partial charge in [-0.15, -0.1) is 0 Å². The molecule has 0 aromatic heterocycles. The second-order valence-corrected chi connectivity index (χ2v) is 3.88. The molecule has 0 aliphatic carbocycles. The van der Waals surface area contributed by atoms with Crippen molar-refractivity contribution in [3.63, 3.8) is 0 Å². The van der Waals surface area contributed by atoms with E-state index in [1.165, 1.54) is 19.1 Å². The average Bonchev–Trinajstić information content (AvgIpc) is 2.26. The van der Waals surface area contributed by atoms with Crippen LogP contribution in [0.1, 0.15) is 18.6 Å². The fourth-order valence-electron chi connectivity index (χ4n) is 1.34. The molecule has 19 heavy (non-hydrogen) atoms. The van der Waals surface area contributed by atoms with Crippen molar-refractivity contribution in [2.24, 2.45) is 0 Å². The van der Waals surface area contributed by atoms with Gasteiger partial charge < -0.3 is 14.6 Å². The molecule has 1 unspecified atom stereocenters. The molecular formula is C12H14F4O3. The van der Waals surface area contributed by atoms with Gasteiger partial charge in [-0.1, -0.05) is 0 Å². The van der Waals surface area contributed by atoms with Crippen LogP contribution in [0.15, 0.2) is 18.2 Å². The number of rotatable bonds is 6. The van der Waals surface area contributed by atoms with Crippen molar-refractivity contribution in [1.82, 2.24) is 0 Å². The van der Waals surface area contributed by atoms with Crippen LogP contribution in [0.25, 0.3) is 0 Å². The van der Waals surface area contributed by atoms with E-state index in [0.717, 1.165) is 6.07 Å². The zero-order chi connectivity index (χ0) is 14.5. The number of aliphatic hydroxyl groups is 1. The van der Waals surface area contributed by atoms with Crippen molar-refractivity contribution in [2.45, 2.75) is 19.2 Å². The molecule has 0 amide bonds. The largest absolute Gasteiger partial charge is 0.491 e. The molecule has 1 aromatic rings. The van der Waals surface area contributed by atoms with E-state index in [2.05, 4.69) is 4.74 Å². The Kier molecular flexibility index (Phi) is 5.56. The molecule has 0 bridgehead atoms. The van der Waals surface area contributed by atoms with E-state index in [1.807, 2.05) is 0 Å². The highest BCUT2D eigenvalue weighted by atomic mass is 19.4. The van der Waals surface area contributed by atoms with Crippen LogP contribution in [0.5, 0.6) is 5.75 Å². The molecule has 108 valence electrons. The van der Waals surface area contributed by atoms with Crippen LogP contribution in [0.2, 0.25) is 0 Å². The summed E-state index contributed by atoms with van der Waals surface area (Å²) in [4.78, 5) is 0. The molecule has 7 heteroatoms. The molecule has 1 atom stereocenters. The lowest BCUT2D eigenvalue weighted by Crippen LogP contribution is -2.19. The molecular weight excluding hydrogens is 268 g/mol. The zero-order valence-corrected chi connectivity index (χ0v) is 10.2. The van der Waals surface area contributed by atoms with Crippen LogP contribution < -0.4 is 4.74 Å².